The van der Waals surface area contributed by atoms with Crippen LogP contribution < -0.4 is 5.32 Å². The second kappa shape index (κ2) is 5.78. The highest BCUT2D eigenvalue weighted by atomic mass is 19.1. The molecule has 4 heteroatoms. The number of rotatable bonds is 5. The fourth-order valence-electron chi connectivity index (χ4n) is 1.97. The van der Waals surface area contributed by atoms with E-state index in [0.29, 0.717) is 6.42 Å². The molecule has 2 aromatic rings. The lowest BCUT2D eigenvalue weighted by atomic mass is 10.1. The van der Waals surface area contributed by atoms with Crippen molar-refractivity contribution in [3.05, 3.63) is 52.6 Å². The van der Waals surface area contributed by atoms with Crippen LogP contribution in [0.4, 0.5) is 4.39 Å². The third-order valence-corrected chi connectivity index (χ3v) is 3.11. The predicted octanol–water partition coefficient (Wildman–Crippen LogP) is 2.50. The highest BCUT2D eigenvalue weighted by Gasteiger charge is 2.05. The lowest BCUT2D eigenvalue weighted by Crippen LogP contribution is -2.17. The van der Waals surface area contributed by atoms with Gasteiger partial charge in [0.2, 0.25) is 0 Å². The maximum atomic E-state index is 13.4. The summed E-state index contributed by atoms with van der Waals surface area (Å²) in [5.74, 6) is -0.130. The van der Waals surface area contributed by atoms with Gasteiger partial charge >= 0.3 is 0 Å². The molecule has 3 nitrogen and oxygen atoms in total. The van der Waals surface area contributed by atoms with Crippen molar-refractivity contribution in [1.82, 2.24) is 15.5 Å². The van der Waals surface area contributed by atoms with E-state index in [-0.39, 0.29) is 5.82 Å². The Morgan fingerprint density at radius 1 is 1.28 bits per heavy atom. The van der Waals surface area contributed by atoms with Crippen LogP contribution in [0.3, 0.4) is 0 Å². The predicted molar refractivity (Wildman–Crippen MR) is 69.9 cm³/mol. The normalized spacial score (nSPS) is 10.8. The highest BCUT2D eigenvalue weighted by molar-refractivity contribution is 5.23. The summed E-state index contributed by atoms with van der Waals surface area (Å²) in [5.41, 5.74) is 4.06. The summed E-state index contributed by atoms with van der Waals surface area (Å²) in [5, 5.41) is 10.4. The van der Waals surface area contributed by atoms with E-state index >= 15 is 0 Å². The lowest BCUT2D eigenvalue weighted by molar-refractivity contribution is 0.597. The molecule has 0 saturated carbocycles. The van der Waals surface area contributed by atoms with Crippen molar-refractivity contribution in [2.45, 2.75) is 26.8 Å². The van der Waals surface area contributed by atoms with E-state index in [1.165, 1.54) is 11.6 Å². The van der Waals surface area contributed by atoms with Gasteiger partial charge in [0.1, 0.15) is 5.82 Å². The van der Waals surface area contributed by atoms with Crippen LogP contribution in [-0.4, -0.2) is 16.7 Å². The third-order valence-electron chi connectivity index (χ3n) is 3.11. The fraction of sp³-hybridized carbons (Fsp3) is 0.357. The van der Waals surface area contributed by atoms with E-state index < -0.39 is 0 Å². The molecular formula is C14H18FN3. The van der Waals surface area contributed by atoms with Crippen molar-refractivity contribution in [2.24, 2.45) is 0 Å². The Labute approximate surface area is 106 Å². The minimum absolute atomic E-state index is 0.130. The number of benzene rings is 1. The molecule has 2 N–H and O–H groups in total. The smallest absolute Gasteiger partial charge is 0.126 e. The zero-order chi connectivity index (χ0) is 13.0. The Morgan fingerprint density at radius 3 is 2.72 bits per heavy atom. The molecule has 1 heterocycles. The Kier molecular flexibility index (Phi) is 4.10. The molecule has 0 spiro atoms. The van der Waals surface area contributed by atoms with E-state index in [2.05, 4.69) is 15.5 Å². The van der Waals surface area contributed by atoms with Crippen molar-refractivity contribution >= 4 is 0 Å². The number of H-pyrrole nitrogens is 1. The standard InChI is InChI=1S/C14H18FN3/c1-10-13(11(2)18-17-10)9-16-8-7-12-5-3-4-6-14(12)15/h3-6,16H,7-9H2,1-2H3,(H,17,18). The van der Waals surface area contributed by atoms with E-state index in [1.807, 2.05) is 26.0 Å². The lowest BCUT2D eigenvalue weighted by Gasteiger charge is -2.06. The second-order valence-corrected chi connectivity index (χ2v) is 4.43. The number of aromatic amines is 1. The molecule has 1 aromatic carbocycles. The SMILES string of the molecule is Cc1n[nH]c(C)c1CNCCc1ccccc1F. The number of nitrogens with one attached hydrogen (secondary N) is 2. The summed E-state index contributed by atoms with van der Waals surface area (Å²) in [4.78, 5) is 0. The number of hydrogen-bond donors (Lipinski definition) is 2. The number of hydrogen-bond acceptors (Lipinski definition) is 2. The first-order valence-electron chi connectivity index (χ1n) is 6.13. The molecular weight excluding hydrogens is 229 g/mol. The Balaban J connectivity index is 1.82. The van der Waals surface area contributed by atoms with E-state index in [0.717, 1.165) is 30.0 Å². The average Bonchev–Trinajstić information content (AvgIpc) is 2.67. The van der Waals surface area contributed by atoms with Gasteiger partial charge in [-0.3, -0.25) is 5.10 Å². The zero-order valence-corrected chi connectivity index (χ0v) is 10.8. The van der Waals surface area contributed by atoms with Gasteiger partial charge in [0.05, 0.1) is 5.69 Å². The van der Waals surface area contributed by atoms with Crippen LogP contribution >= 0.6 is 0 Å². The van der Waals surface area contributed by atoms with Crippen LogP contribution in [0.1, 0.15) is 22.5 Å². The largest absolute Gasteiger partial charge is 0.312 e. The maximum absolute atomic E-state index is 13.4. The van der Waals surface area contributed by atoms with Crippen molar-refractivity contribution in [2.75, 3.05) is 6.54 Å². The number of aromatic nitrogens is 2. The van der Waals surface area contributed by atoms with Crippen LogP contribution in [0.15, 0.2) is 24.3 Å². The van der Waals surface area contributed by atoms with E-state index in [1.54, 1.807) is 6.07 Å². The molecule has 0 bridgehead atoms. The number of aryl methyl sites for hydroxylation is 2. The molecule has 96 valence electrons. The van der Waals surface area contributed by atoms with Gasteiger partial charge in [-0.1, -0.05) is 18.2 Å². The van der Waals surface area contributed by atoms with E-state index in [9.17, 15) is 4.39 Å². The van der Waals surface area contributed by atoms with Crippen LogP contribution in [0.25, 0.3) is 0 Å². The van der Waals surface area contributed by atoms with E-state index in [4.69, 9.17) is 0 Å². The summed E-state index contributed by atoms with van der Waals surface area (Å²) in [6.45, 7) is 5.51. The summed E-state index contributed by atoms with van der Waals surface area (Å²) in [7, 11) is 0. The minimum Gasteiger partial charge on any atom is -0.312 e. The fourth-order valence-corrected chi connectivity index (χ4v) is 1.97. The summed E-state index contributed by atoms with van der Waals surface area (Å²) >= 11 is 0. The Hall–Kier alpha value is -1.68. The van der Waals surface area contributed by atoms with Gasteiger partial charge in [-0.2, -0.15) is 5.10 Å². The molecule has 1 aromatic heterocycles. The molecule has 2 rings (SSSR count). The monoisotopic (exact) mass is 247 g/mol. The molecule has 18 heavy (non-hydrogen) atoms. The first kappa shape index (κ1) is 12.8. The van der Waals surface area contributed by atoms with Crippen LogP contribution in [-0.2, 0) is 13.0 Å². The quantitative estimate of drug-likeness (QED) is 0.797. The molecule has 0 fully saturated rings. The van der Waals surface area contributed by atoms with Gasteiger partial charge < -0.3 is 5.32 Å². The highest BCUT2D eigenvalue weighted by Crippen LogP contribution is 2.09. The van der Waals surface area contributed by atoms with Gasteiger partial charge in [-0.15, -0.1) is 0 Å². The van der Waals surface area contributed by atoms with Gasteiger partial charge in [-0.25, -0.2) is 4.39 Å². The van der Waals surface area contributed by atoms with Crippen molar-refractivity contribution < 1.29 is 4.39 Å². The van der Waals surface area contributed by atoms with Crippen molar-refractivity contribution in [3.8, 4) is 0 Å². The molecule has 0 amide bonds. The average molecular weight is 247 g/mol. The molecule has 0 aliphatic heterocycles. The van der Waals surface area contributed by atoms with Crippen LogP contribution in [0.2, 0.25) is 0 Å². The maximum Gasteiger partial charge on any atom is 0.126 e. The van der Waals surface area contributed by atoms with Crippen molar-refractivity contribution in [1.29, 1.82) is 0 Å². The van der Waals surface area contributed by atoms with Gasteiger partial charge in [0.25, 0.3) is 0 Å². The number of nitrogens with zero attached hydrogens (tertiary/aromatic N) is 1. The summed E-state index contributed by atoms with van der Waals surface area (Å²) in [6.07, 6.45) is 0.697. The summed E-state index contributed by atoms with van der Waals surface area (Å²) < 4.78 is 13.4. The second-order valence-electron chi connectivity index (χ2n) is 4.43. The van der Waals surface area contributed by atoms with Crippen LogP contribution in [0.5, 0.6) is 0 Å². The molecule has 0 aliphatic rings. The first-order valence-corrected chi connectivity index (χ1v) is 6.13. The zero-order valence-electron chi connectivity index (χ0n) is 10.8. The molecule has 0 aliphatic carbocycles. The van der Waals surface area contributed by atoms with Gasteiger partial charge in [0, 0.05) is 17.8 Å². The van der Waals surface area contributed by atoms with Gasteiger partial charge in [-0.05, 0) is 38.4 Å². The Morgan fingerprint density at radius 2 is 2.06 bits per heavy atom. The Bertz CT molecular complexity index is 500. The minimum atomic E-state index is -0.130. The van der Waals surface area contributed by atoms with Gasteiger partial charge in [0.15, 0.2) is 0 Å². The third kappa shape index (κ3) is 2.96. The van der Waals surface area contributed by atoms with Crippen molar-refractivity contribution in [3.63, 3.8) is 0 Å². The number of halogens is 1. The molecule has 0 atom stereocenters. The molecule has 0 saturated heterocycles. The topological polar surface area (TPSA) is 40.7 Å². The first-order chi connectivity index (χ1) is 8.68. The van der Waals surface area contributed by atoms with Crippen LogP contribution in [0, 0.1) is 19.7 Å². The molecule has 0 radical (unpaired) electrons. The molecule has 0 unspecified atom stereocenters. The summed E-state index contributed by atoms with van der Waals surface area (Å²) in [6, 6.07) is 6.90.